The Bertz CT molecular complexity index is 368. The van der Waals surface area contributed by atoms with Crippen molar-refractivity contribution in [3.8, 4) is 0 Å². The Morgan fingerprint density at radius 1 is 1.00 bits per heavy atom. The normalized spacial score (nSPS) is 22.3. The molecule has 1 aromatic carbocycles. The summed E-state index contributed by atoms with van der Waals surface area (Å²) in [6.45, 7) is 2.63. The zero-order valence-electron chi connectivity index (χ0n) is 13.0. The minimum atomic E-state index is 0.367. The highest BCUT2D eigenvalue weighted by Gasteiger charge is 2.24. The molecule has 0 radical (unpaired) electrons. The quantitative estimate of drug-likeness (QED) is 0.656. The molecule has 112 valence electrons. The van der Waals surface area contributed by atoms with Gasteiger partial charge in [0, 0.05) is 6.61 Å². The lowest BCUT2D eigenvalue weighted by atomic mass is 9.94. The van der Waals surface area contributed by atoms with E-state index in [0.29, 0.717) is 18.4 Å². The highest BCUT2D eigenvalue weighted by atomic mass is 16.3. The third kappa shape index (κ3) is 4.63. The first-order chi connectivity index (χ1) is 9.83. The second kappa shape index (κ2) is 8.46. The average Bonchev–Trinajstić information content (AvgIpc) is 2.97. The van der Waals surface area contributed by atoms with Crippen LogP contribution in [0.2, 0.25) is 0 Å². The molecule has 0 spiro atoms. The topological polar surface area (TPSA) is 20.2 Å². The molecule has 20 heavy (non-hydrogen) atoms. The van der Waals surface area contributed by atoms with Crippen LogP contribution in [0, 0.1) is 5.92 Å². The first kappa shape index (κ1) is 15.6. The maximum absolute atomic E-state index is 9.23. The first-order valence-electron chi connectivity index (χ1n) is 8.53. The molecule has 1 saturated carbocycles. The second-order valence-electron chi connectivity index (χ2n) is 6.46. The van der Waals surface area contributed by atoms with Crippen LogP contribution in [0.25, 0.3) is 0 Å². The van der Waals surface area contributed by atoms with E-state index in [1.807, 2.05) is 0 Å². The maximum atomic E-state index is 9.23. The van der Waals surface area contributed by atoms with Gasteiger partial charge in [0.25, 0.3) is 0 Å². The lowest BCUT2D eigenvalue weighted by Gasteiger charge is -2.11. The van der Waals surface area contributed by atoms with E-state index in [-0.39, 0.29) is 0 Å². The molecule has 0 heterocycles. The van der Waals surface area contributed by atoms with Crippen molar-refractivity contribution in [3.05, 3.63) is 35.4 Å². The number of hydrogen-bond donors (Lipinski definition) is 1. The van der Waals surface area contributed by atoms with Crippen LogP contribution in [0.3, 0.4) is 0 Å². The number of aliphatic hydroxyl groups is 1. The molecule has 2 atom stereocenters. The van der Waals surface area contributed by atoms with E-state index in [1.165, 1.54) is 68.9 Å². The molecule has 1 aliphatic rings. The molecule has 1 N–H and O–H groups in total. The van der Waals surface area contributed by atoms with Gasteiger partial charge in [-0.25, -0.2) is 0 Å². The van der Waals surface area contributed by atoms with Gasteiger partial charge in [-0.3, -0.25) is 0 Å². The van der Waals surface area contributed by atoms with Gasteiger partial charge in [-0.05, 0) is 55.1 Å². The Kier molecular flexibility index (Phi) is 6.59. The standard InChI is InChI=1S/C19H30O/c1-2-3-4-5-6-7-16-8-11-18(12-9-16)19-13-10-17(14-19)15-20/h8-9,11-12,17,19-20H,2-7,10,13-15H2,1H3/t17-,19+/m0/s1. The second-order valence-corrected chi connectivity index (χ2v) is 6.46. The molecule has 0 amide bonds. The van der Waals surface area contributed by atoms with Crippen LogP contribution >= 0.6 is 0 Å². The van der Waals surface area contributed by atoms with Crippen LogP contribution in [-0.4, -0.2) is 11.7 Å². The summed E-state index contributed by atoms with van der Waals surface area (Å²) in [5, 5.41) is 9.23. The molecule has 1 heteroatoms. The Morgan fingerprint density at radius 2 is 1.75 bits per heavy atom. The summed E-state index contributed by atoms with van der Waals surface area (Å²) in [4.78, 5) is 0. The predicted molar refractivity (Wildman–Crippen MR) is 86.1 cm³/mol. The molecule has 0 aliphatic heterocycles. The Morgan fingerprint density at radius 3 is 2.40 bits per heavy atom. The number of aryl methyl sites for hydroxylation is 1. The summed E-state index contributed by atoms with van der Waals surface area (Å²) in [6.07, 6.45) is 11.6. The summed E-state index contributed by atoms with van der Waals surface area (Å²) >= 11 is 0. The third-order valence-electron chi connectivity index (χ3n) is 4.82. The molecule has 0 aromatic heterocycles. The van der Waals surface area contributed by atoms with E-state index in [4.69, 9.17) is 0 Å². The van der Waals surface area contributed by atoms with Gasteiger partial charge in [0.05, 0.1) is 0 Å². The molecule has 1 aliphatic carbocycles. The zero-order valence-corrected chi connectivity index (χ0v) is 13.0. The summed E-state index contributed by atoms with van der Waals surface area (Å²) in [5.41, 5.74) is 2.97. The minimum Gasteiger partial charge on any atom is -0.396 e. The van der Waals surface area contributed by atoms with Crippen LogP contribution in [0.1, 0.15) is 75.3 Å². The summed E-state index contributed by atoms with van der Waals surface area (Å²) in [6, 6.07) is 9.29. The SMILES string of the molecule is CCCCCCCc1ccc([C@@H]2CC[C@H](CO)C2)cc1. The van der Waals surface area contributed by atoms with Crippen molar-refractivity contribution >= 4 is 0 Å². The van der Waals surface area contributed by atoms with Crippen LogP contribution in [0.4, 0.5) is 0 Å². The molecule has 0 bridgehead atoms. The Hall–Kier alpha value is -0.820. The van der Waals surface area contributed by atoms with Gasteiger partial charge < -0.3 is 5.11 Å². The fourth-order valence-electron chi connectivity index (χ4n) is 3.43. The predicted octanol–water partition coefficient (Wildman–Crippen LogP) is 5.08. The minimum absolute atomic E-state index is 0.367. The van der Waals surface area contributed by atoms with Gasteiger partial charge in [0.1, 0.15) is 0 Å². The lowest BCUT2D eigenvalue weighted by molar-refractivity contribution is 0.229. The Balaban J connectivity index is 1.75. The van der Waals surface area contributed by atoms with Crippen LogP contribution in [-0.2, 0) is 6.42 Å². The van der Waals surface area contributed by atoms with E-state index >= 15 is 0 Å². The number of aliphatic hydroxyl groups excluding tert-OH is 1. The first-order valence-corrected chi connectivity index (χ1v) is 8.53. The van der Waals surface area contributed by atoms with Crippen molar-refractivity contribution in [2.24, 2.45) is 5.92 Å². The van der Waals surface area contributed by atoms with E-state index in [2.05, 4.69) is 31.2 Å². The average molecular weight is 274 g/mol. The van der Waals surface area contributed by atoms with E-state index in [1.54, 1.807) is 0 Å². The molecule has 0 saturated heterocycles. The van der Waals surface area contributed by atoms with Crippen LogP contribution < -0.4 is 0 Å². The number of benzene rings is 1. The van der Waals surface area contributed by atoms with E-state index in [0.717, 1.165) is 0 Å². The van der Waals surface area contributed by atoms with Gasteiger partial charge in [-0.1, -0.05) is 56.9 Å². The van der Waals surface area contributed by atoms with E-state index < -0.39 is 0 Å². The lowest BCUT2D eigenvalue weighted by Crippen LogP contribution is -2.00. The van der Waals surface area contributed by atoms with Crippen molar-refractivity contribution in [2.75, 3.05) is 6.61 Å². The largest absolute Gasteiger partial charge is 0.396 e. The fourth-order valence-corrected chi connectivity index (χ4v) is 3.43. The molecule has 1 fully saturated rings. The van der Waals surface area contributed by atoms with Crippen molar-refractivity contribution in [2.45, 2.75) is 70.6 Å². The fraction of sp³-hybridized carbons (Fsp3) is 0.684. The highest BCUT2D eigenvalue weighted by molar-refractivity contribution is 5.26. The zero-order chi connectivity index (χ0) is 14.2. The van der Waals surface area contributed by atoms with Crippen LogP contribution in [0.15, 0.2) is 24.3 Å². The summed E-state index contributed by atoms with van der Waals surface area (Å²) in [7, 11) is 0. The summed E-state index contributed by atoms with van der Waals surface area (Å²) < 4.78 is 0. The monoisotopic (exact) mass is 274 g/mol. The van der Waals surface area contributed by atoms with E-state index in [9.17, 15) is 5.11 Å². The van der Waals surface area contributed by atoms with Gasteiger partial charge in [0.15, 0.2) is 0 Å². The number of unbranched alkanes of at least 4 members (excludes halogenated alkanes) is 4. The van der Waals surface area contributed by atoms with Crippen molar-refractivity contribution < 1.29 is 5.11 Å². The van der Waals surface area contributed by atoms with Gasteiger partial charge in [-0.15, -0.1) is 0 Å². The van der Waals surface area contributed by atoms with Crippen molar-refractivity contribution in [3.63, 3.8) is 0 Å². The maximum Gasteiger partial charge on any atom is 0.0459 e. The van der Waals surface area contributed by atoms with Crippen molar-refractivity contribution in [1.82, 2.24) is 0 Å². The number of rotatable bonds is 8. The van der Waals surface area contributed by atoms with Gasteiger partial charge in [-0.2, -0.15) is 0 Å². The third-order valence-corrected chi connectivity index (χ3v) is 4.82. The number of hydrogen-bond acceptors (Lipinski definition) is 1. The molecule has 1 nitrogen and oxygen atoms in total. The van der Waals surface area contributed by atoms with Crippen LogP contribution in [0.5, 0.6) is 0 Å². The molecule has 2 rings (SSSR count). The molecule has 1 aromatic rings. The van der Waals surface area contributed by atoms with Gasteiger partial charge >= 0.3 is 0 Å². The smallest absolute Gasteiger partial charge is 0.0459 e. The molecular formula is C19H30O. The van der Waals surface area contributed by atoms with Gasteiger partial charge in [0.2, 0.25) is 0 Å². The molecular weight excluding hydrogens is 244 g/mol. The Labute approximate surface area is 124 Å². The molecule has 0 unspecified atom stereocenters. The van der Waals surface area contributed by atoms with Crippen molar-refractivity contribution in [1.29, 1.82) is 0 Å². The highest BCUT2D eigenvalue weighted by Crippen LogP contribution is 2.37. The summed E-state index contributed by atoms with van der Waals surface area (Å²) in [5.74, 6) is 1.23.